The molecule has 14 heavy (non-hydrogen) atoms. The van der Waals surface area contributed by atoms with Crippen molar-refractivity contribution in [3.8, 4) is 0 Å². The van der Waals surface area contributed by atoms with Crippen molar-refractivity contribution in [3.63, 3.8) is 0 Å². The predicted molar refractivity (Wildman–Crippen MR) is 39.9 cm³/mol. The molecule has 4 nitrogen and oxygen atoms in total. The molecule has 0 saturated heterocycles. The zero-order valence-electron chi connectivity index (χ0n) is 7.18. The molecule has 1 aromatic rings. The van der Waals surface area contributed by atoms with E-state index in [0.29, 0.717) is 0 Å². The zero-order valence-corrected chi connectivity index (χ0v) is 12.9. The Kier molecular flexibility index (Phi) is 23.6. The van der Waals surface area contributed by atoms with Crippen molar-refractivity contribution in [3.05, 3.63) is 35.4 Å². The van der Waals surface area contributed by atoms with Crippen LogP contribution in [0, 0.1) is 0 Å². The molecular formula is C8H6O4Y2-4. The molecule has 0 heterocycles. The Morgan fingerprint density at radius 3 is 1.29 bits per heavy atom. The molecule has 0 bridgehead atoms. The standard InChI is InChI=1S/C8H4O2.2H2O.2Y/c9-5-7-3-1-2-4-8(7)6-10;;;;/h1-4H;2*1H2;;/q-2;;;;/p-2. The molecule has 0 spiro atoms. The first-order valence-electron chi connectivity index (χ1n) is 2.74. The Morgan fingerprint density at radius 2 is 1.07 bits per heavy atom. The quantitative estimate of drug-likeness (QED) is 0.719. The van der Waals surface area contributed by atoms with Crippen LogP contribution >= 0.6 is 0 Å². The van der Waals surface area contributed by atoms with Crippen LogP contribution in [0.1, 0.15) is 11.1 Å². The topological polar surface area (TPSA) is 94.1 Å². The van der Waals surface area contributed by atoms with Crippen molar-refractivity contribution < 1.29 is 86.0 Å². The molecule has 0 aliphatic rings. The van der Waals surface area contributed by atoms with E-state index in [1.54, 1.807) is 24.7 Å². The van der Waals surface area contributed by atoms with E-state index in [4.69, 9.17) is 0 Å². The molecule has 72 valence electrons. The molecule has 0 unspecified atom stereocenters. The van der Waals surface area contributed by atoms with E-state index in [9.17, 15) is 9.59 Å². The minimum Gasteiger partial charge on any atom is -0.870 e. The molecule has 0 fully saturated rings. The molecule has 2 N–H and O–H groups in total. The Labute approximate surface area is 132 Å². The van der Waals surface area contributed by atoms with E-state index in [1.807, 2.05) is 0 Å². The number of rotatable bonds is 2. The molecule has 0 aliphatic heterocycles. The molecule has 1 rings (SSSR count). The Balaban J connectivity index is -0.000000125. The molecule has 0 atom stereocenters. The van der Waals surface area contributed by atoms with Crippen LogP contribution < -0.4 is 0 Å². The molecule has 0 aromatic heterocycles. The third-order valence-electron chi connectivity index (χ3n) is 1.15. The largest absolute Gasteiger partial charge is 0.870 e. The molecular weight excluding hydrogens is 338 g/mol. The summed E-state index contributed by atoms with van der Waals surface area (Å²) >= 11 is 0. The monoisotopic (exact) mass is 344 g/mol. The predicted octanol–water partition coefficient (Wildman–Crippen LogP) is 0.244. The third-order valence-corrected chi connectivity index (χ3v) is 1.15. The van der Waals surface area contributed by atoms with Gasteiger partial charge >= 0.3 is 0 Å². The van der Waals surface area contributed by atoms with Gasteiger partial charge in [-0.05, 0) is 12.6 Å². The molecule has 0 aliphatic carbocycles. The fraction of sp³-hybridized carbons (Fsp3) is 0. The summed E-state index contributed by atoms with van der Waals surface area (Å²) in [5.41, 5.74) is 0.523. The van der Waals surface area contributed by atoms with Crippen LogP contribution in [0.2, 0.25) is 0 Å². The van der Waals surface area contributed by atoms with Gasteiger partial charge in [-0.15, -0.1) is 12.1 Å². The summed E-state index contributed by atoms with van der Waals surface area (Å²) in [4.78, 5) is 20.2. The van der Waals surface area contributed by atoms with Crippen LogP contribution in [0.15, 0.2) is 24.3 Å². The van der Waals surface area contributed by atoms with E-state index < -0.39 is 0 Å². The van der Waals surface area contributed by atoms with Gasteiger partial charge in [0.1, 0.15) is 0 Å². The summed E-state index contributed by atoms with van der Waals surface area (Å²) < 4.78 is 0. The second-order valence-corrected chi connectivity index (χ2v) is 1.75. The SMILES string of the molecule is O=[C-]c1ccccc1[C-]=O.[OH-].[OH-].[Y].[Y]. The van der Waals surface area contributed by atoms with Crippen LogP contribution in [0.3, 0.4) is 0 Å². The maximum atomic E-state index is 10.1. The summed E-state index contributed by atoms with van der Waals surface area (Å²) in [5, 5.41) is 0. The second kappa shape index (κ2) is 13.7. The van der Waals surface area contributed by atoms with Crippen LogP contribution in [0.4, 0.5) is 0 Å². The van der Waals surface area contributed by atoms with Gasteiger partial charge in [-0.3, -0.25) is 11.1 Å². The van der Waals surface area contributed by atoms with E-state index >= 15 is 0 Å². The maximum Gasteiger partial charge on any atom is 0 e. The van der Waals surface area contributed by atoms with Crippen molar-refractivity contribution in [2.24, 2.45) is 0 Å². The van der Waals surface area contributed by atoms with Gasteiger partial charge in [-0.2, -0.15) is 0 Å². The molecule has 0 saturated carbocycles. The van der Waals surface area contributed by atoms with Gasteiger partial charge in [0, 0.05) is 65.4 Å². The summed E-state index contributed by atoms with van der Waals surface area (Å²) in [6, 6.07) is 6.38. The van der Waals surface area contributed by atoms with Crippen LogP contribution in [-0.4, -0.2) is 23.5 Å². The number of carbonyl (C=O) groups excluding carboxylic acids is 2. The smallest absolute Gasteiger partial charge is 0 e. The first-order valence-corrected chi connectivity index (χ1v) is 2.74. The van der Waals surface area contributed by atoms with Gasteiger partial charge in [-0.25, -0.2) is 12.1 Å². The minimum absolute atomic E-state index is 0. The number of benzene rings is 1. The maximum absolute atomic E-state index is 10.1. The summed E-state index contributed by atoms with van der Waals surface area (Å²) in [6.07, 6.45) is 3.27. The van der Waals surface area contributed by atoms with Gasteiger partial charge in [0.05, 0.1) is 0 Å². The van der Waals surface area contributed by atoms with E-state index in [0.717, 1.165) is 0 Å². The molecule has 6 heteroatoms. The molecule has 1 aromatic carbocycles. The van der Waals surface area contributed by atoms with Gasteiger partial charge in [0.15, 0.2) is 0 Å². The third kappa shape index (κ3) is 7.04. The Morgan fingerprint density at radius 1 is 0.786 bits per heavy atom. The Bertz CT molecular complexity index is 238. The van der Waals surface area contributed by atoms with Crippen LogP contribution in [0.5, 0.6) is 0 Å². The summed E-state index contributed by atoms with van der Waals surface area (Å²) in [5.74, 6) is 0. The van der Waals surface area contributed by atoms with Crippen LogP contribution in [-0.2, 0) is 75.0 Å². The molecule has 0 amide bonds. The van der Waals surface area contributed by atoms with Crippen molar-refractivity contribution in [1.82, 2.24) is 0 Å². The zero-order chi connectivity index (χ0) is 7.40. The van der Waals surface area contributed by atoms with E-state index in [-0.39, 0.29) is 87.5 Å². The average Bonchev–Trinajstić information content (AvgIpc) is 2.04. The summed E-state index contributed by atoms with van der Waals surface area (Å²) in [7, 11) is 0. The van der Waals surface area contributed by atoms with Crippen LogP contribution in [0.25, 0.3) is 0 Å². The normalized spacial score (nSPS) is 6.29. The van der Waals surface area contributed by atoms with Gasteiger partial charge in [-0.1, -0.05) is 0 Å². The van der Waals surface area contributed by atoms with Crippen molar-refractivity contribution in [2.45, 2.75) is 0 Å². The number of hydrogen-bond donors (Lipinski definition) is 0. The van der Waals surface area contributed by atoms with Crippen molar-refractivity contribution in [1.29, 1.82) is 0 Å². The second-order valence-electron chi connectivity index (χ2n) is 1.75. The Hall–Kier alpha value is 0.688. The van der Waals surface area contributed by atoms with E-state index in [1.165, 1.54) is 12.1 Å². The first kappa shape index (κ1) is 24.1. The minimum atomic E-state index is 0. The van der Waals surface area contributed by atoms with Crippen molar-refractivity contribution >= 4 is 12.6 Å². The fourth-order valence-electron chi connectivity index (χ4n) is 0.661. The number of hydrogen-bond acceptors (Lipinski definition) is 4. The summed E-state index contributed by atoms with van der Waals surface area (Å²) in [6.45, 7) is 0. The van der Waals surface area contributed by atoms with Crippen molar-refractivity contribution in [2.75, 3.05) is 0 Å². The fourth-order valence-corrected chi connectivity index (χ4v) is 0.661. The van der Waals surface area contributed by atoms with Gasteiger partial charge in [0.25, 0.3) is 0 Å². The van der Waals surface area contributed by atoms with E-state index in [2.05, 4.69) is 0 Å². The first-order chi connectivity index (χ1) is 4.88. The average molecular weight is 344 g/mol. The van der Waals surface area contributed by atoms with Gasteiger partial charge in [0.2, 0.25) is 0 Å². The van der Waals surface area contributed by atoms with Gasteiger partial charge < -0.3 is 20.5 Å². The molecule has 2 radical (unpaired) electrons.